The molecule has 0 amide bonds. The van der Waals surface area contributed by atoms with E-state index in [4.69, 9.17) is 24.7 Å². The first-order chi connectivity index (χ1) is 16.2. The predicted molar refractivity (Wildman–Crippen MR) is 122 cm³/mol. The Balaban J connectivity index is 1.96. The molecular weight excluding hydrogens is 442 g/mol. The fourth-order valence-corrected chi connectivity index (χ4v) is 2.74. The molecule has 9 heteroatoms. The third-order valence-corrected chi connectivity index (χ3v) is 4.57. The van der Waals surface area contributed by atoms with Gasteiger partial charge < -0.3 is 24.7 Å². The molecule has 0 spiro atoms. The number of rotatable bonds is 11. The lowest BCUT2D eigenvalue weighted by Crippen LogP contribution is -2.37. The van der Waals surface area contributed by atoms with Crippen LogP contribution >= 0.6 is 0 Å². The lowest BCUT2D eigenvalue weighted by Gasteiger charge is -2.17. The molecule has 34 heavy (non-hydrogen) atoms. The SMILES string of the molecule is CCC(=O)Oc1ccc(C[C@H](N)C(=O)O[C@@H](C)COC(=O)c2ccccc2)cc1OC(=O)CC. The summed E-state index contributed by atoms with van der Waals surface area (Å²) in [5.74, 6) is -2.03. The van der Waals surface area contributed by atoms with Gasteiger partial charge in [0.05, 0.1) is 5.56 Å². The van der Waals surface area contributed by atoms with E-state index in [0.29, 0.717) is 11.1 Å². The minimum atomic E-state index is -1.02. The first-order valence-electron chi connectivity index (χ1n) is 11.0. The smallest absolute Gasteiger partial charge is 0.338 e. The van der Waals surface area contributed by atoms with E-state index in [-0.39, 0.29) is 37.4 Å². The number of carbonyl (C=O) groups excluding carboxylic acids is 4. The molecule has 0 bridgehead atoms. The van der Waals surface area contributed by atoms with E-state index in [9.17, 15) is 19.2 Å². The van der Waals surface area contributed by atoms with Crippen LogP contribution in [0.5, 0.6) is 11.5 Å². The van der Waals surface area contributed by atoms with E-state index in [2.05, 4.69) is 0 Å². The monoisotopic (exact) mass is 471 g/mol. The van der Waals surface area contributed by atoms with Crippen LogP contribution in [-0.2, 0) is 30.3 Å². The summed E-state index contributed by atoms with van der Waals surface area (Å²) in [4.78, 5) is 47.8. The van der Waals surface area contributed by atoms with Crippen molar-refractivity contribution in [3.63, 3.8) is 0 Å². The number of hydrogen-bond acceptors (Lipinski definition) is 9. The Hall–Kier alpha value is -3.72. The van der Waals surface area contributed by atoms with Crippen molar-refractivity contribution in [3.05, 3.63) is 59.7 Å². The zero-order valence-electron chi connectivity index (χ0n) is 19.4. The summed E-state index contributed by atoms with van der Waals surface area (Å²) in [7, 11) is 0. The Morgan fingerprint density at radius 2 is 1.50 bits per heavy atom. The molecule has 2 atom stereocenters. The van der Waals surface area contributed by atoms with Crippen molar-refractivity contribution >= 4 is 23.9 Å². The van der Waals surface area contributed by atoms with Crippen LogP contribution in [0.1, 0.15) is 49.5 Å². The Morgan fingerprint density at radius 1 is 0.882 bits per heavy atom. The summed E-state index contributed by atoms with van der Waals surface area (Å²) in [6, 6.07) is 12.0. The zero-order chi connectivity index (χ0) is 25.1. The molecule has 2 rings (SSSR count). The highest BCUT2D eigenvalue weighted by Gasteiger charge is 2.21. The molecule has 0 saturated heterocycles. The number of carbonyl (C=O) groups is 4. The Morgan fingerprint density at radius 3 is 2.12 bits per heavy atom. The van der Waals surface area contributed by atoms with Crippen molar-refractivity contribution in [1.82, 2.24) is 0 Å². The maximum Gasteiger partial charge on any atom is 0.338 e. The molecule has 0 aromatic heterocycles. The van der Waals surface area contributed by atoms with Crippen molar-refractivity contribution in [3.8, 4) is 11.5 Å². The van der Waals surface area contributed by atoms with Gasteiger partial charge in [0.1, 0.15) is 18.8 Å². The molecule has 2 aromatic carbocycles. The van der Waals surface area contributed by atoms with Crippen molar-refractivity contribution in [2.75, 3.05) is 6.61 Å². The second-order valence-electron chi connectivity index (χ2n) is 7.46. The van der Waals surface area contributed by atoms with Gasteiger partial charge in [0.25, 0.3) is 0 Å². The lowest BCUT2D eigenvalue weighted by atomic mass is 10.1. The van der Waals surface area contributed by atoms with Gasteiger partial charge in [-0.1, -0.05) is 38.1 Å². The van der Waals surface area contributed by atoms with Crippen molar-refractivity contribution in [2.45, 2.75) is 52.2 Å². The van der Waals surface area contributed by atoms with Crippen LogP contribution in [0.15, 0.2) is 48.5 Å². The van der Waals surface area contributed by atoms with Crippen LogP contribution in [-0.4, -0.2) is 42.6 Å². The number of hydrogen-bond donors (Lipinski definition) is 1. The van der Waals surface area contributed by atoms with Gasteiger partial charge in [0, 0.05) is 12.8 Å². The molecule has 0 aliphatic heterocycles. The highest BCUT2D eigenvalue weighted by atomic mass is 16.6. The van der Waals surface area contributed by atoms with Gasteiger partial charge in [0.2, 0.25) is 0 Å². The number of esters is 4. The van der Waals surface area contributed by atoms with Gasteiger partial charge >= 0.3 is 23.9 Å². The Kier molecular flexibility index (Phi) is 10.2. The molecule has 2 N–H and O–H groups in total. The van der Waals surface area contributed by atoms with E-state index in [0.717, 1.165) is 0 Å². The van der Waals surface area contributed by atoms with Gasteiger partial charge in [0.15, 0.2) is 11.5 Å². The van der Waals surface area contributed by atoms with Gasteiger partial charge in [-0.3, -0.25) is 14.4 Å². The summed E-state index contributed by atoms with van der Waals surface area (Å²) in [5.41, 5.74) is 6.95. The highest BCUT2D eigenvalue weighted by molar-refractivity contribution is 5.89. The summed E-state index contributed by atoms with van der Waals surface area (Å²) < 4.78 is 20.9. The summed E-state index contributed by atoms with van der Waals surface area (Å²) >= 11 is 0. The molecule has 2 aromatic rings. The van der Waals surface area contributed by atoms with E-state index in [1.807, 2.05) is 0 Å². The van der Waals surface area contributed by atoms with Gasteiger partial charge in [-0.25, -0.2) is 4.79 Å². The maximum atomic E-state index is 12.4. The molecule has 9 nitrogen and oxygen atoms in total. The van der Waals surface area contributed by atoms with Crippen molar-refractivity contribution < 1.29 is 38.1 Å². The summed E-state index contributed by atoms with van der Waals surface area (Å²) in [6.45, 7) is 4.74. The standard InChI is InChI=1S/C25H29NO8/c1-4-22(27)33-20-12-11-17(14-21(20)34-23(28)5-2)13-19(26)25(30)32-16(3)15-31-24(29)18-9-7-6-8-10-18/h6-12,14,16,19H,4-5,13,15,26H2,1-3H3/t16-,19-/m0/s1. The second-order valence-corrected chi connectivity index (χ2v) is 7.46. The van der Waals surface area contributed by atoms with Crippen LogP contribution in [0.3, 0.4) is 0 Å². The minimum absolute atomic E-state index is 0.0629. The van der Waals surface area contributed by atoms with Crippen molar-refractivity contribution in [2.24, 2.45) is 5.73 Å². The van der Waals surface area contributed by atoms with E-state index in [1.54, 1.807) is 57.2 Å². The van der Waals surface area contributed by atoms with Crippen LogP contribution in [0.25, 0.3) is 0 Å². The molecule has 0 fully saturated rings. The maximum absolute atomic E-state index is 12.4. The average molecular weight is 472 g/mol. The number of benzene rings is 2. The van der Waals surface area contributed by atoms with Gasteiger partial charge in [-0.05, 0) is 43.2 Å². The molecular formula is C25H29NO8. The first-order valence-corrected chi connectivity index (χ1v) is 11.0. The van der Waals surface area contributed by atoms with E-state index < -0.39 is 36.0 Å². The van der Waals surface area contributed by atoms with E-state index >= 15 is 0 Å². The molecule has 0 saturated carbocycles. The number of nitrogens with two attached hydrogens (primary N) is 1. The molecule has 0 unspecified atom stereocenters. The quantitative estimate of drug-likeness (QED) is 0.388. The Bertz CT molecular complexity index is 1010. The predicted octanol–water partition coefficient (Wildman–Crippen LogP) is 2.98. The first kappa shape index (κ1) is 26.5. The lowest BCUT2D eigenvalue weighted by molar-refractivity contribution is -0.151. The highest BCUT2D eigenvalue weighted by Crippen LogP contribution is 2.30. The van der Waals surface area contributed by atoms with Gasteiger partial charge in [-0.2, -0.15) is 0 Å². The minimum Gasteiger partial charge on any atom is -0.458 e. The fourth-order valence-electron chi connectivity index (χ4n) is 2.74. The third kappa shape index (κ3) is 8.32. The largest absolute Gasteiger partial charge is 0.458 e. The summed E-state index contributed by atoms with van der Waals surface area (Å²) in [6.07, 6.45) is -0.348. The molecule has 0 aliphatic rings. The normalized spacial score (nSPS) is 12.2. The third-order valence-electron chi connectivity index (χ3n) is 4.57. The zero-order valence-corrected chi connectivity index (χ0v) is 19.4. The molecule has 0 heterocycles. The van der Waals surface area contributed by atoms with Crippen LogP contribution < -0.4 is 15.2 Å². The second kappa shape index (κ2) is 13.1. The van der Waals surface area contributed by atoms with Crippen LogP contribution in [0, 0.1) is 0 Å². The van der Waals surface area contributed by atoms with Gasteiger partial charge in [-0.15, -0.1) is 0 Å². The summed E-state index contributed by atoms with van der Waals surface area (Å²) in [5, 5.41) is 0. The van der Waals surface area contributed by atoms with E-state index in [1.165, 1.54) is 12.1 Å². The topological polar surface area (TPSA) is 131 Å². The molecule has 182 valence electrons. The Labute approximate surface area is 198 Å². The molecule has 0 aliphatic carbocycles. The van der Waals surface area contributed by atoms with Crippen LogP contribution in [0.4, 0.5) is 0 Å². The van der Waals surface area contributed by atoms with Crippen molar-refractivity contribution in [1.29, 1.82) is 0 Å². The fraction of sp³-hybridized carbons (Fsp3) is 0.360. The van der Waals surface area contributed by atoms with Crippen LogP contribution in [0.2, 0.25) is 0 Å². The average Bonchev–Trinajstić information content (AvgIpc) is 2.84. The molecule has 0 radical (unpaired) electrons. The number of ether oxygens (including phenoxy) is 4.